The molecule has 0 saturated carbocycles. The quantitative estimate of drug-likeness (QED) is 0.0320. The van der Waals surface area contributed by atoms with Crippen LogP contribution in [0.3, 0.4) is 0 Å². The summed E-state index contributed by atoms with van der Waals surface area (Å²) in [5, 5.41) is 23.1. The van der Waals surface area contributed by atoms with Crippen molar-refractivity contribution in [2.24, 2.45) is 0 Å². The first-order chi connectivity index (χ1) is 36.0. The predicted octanol–water partition coefficient (Wildman–Crippen LogP) is 21.0. The average molecular weight is 1030 g/mol. The number of allylic oxidation sites excluding steroid dienone is 3. The van der Waals surface area contributed by atoms with E-state index >= 15 is 0 Å². The summed E-state index contributed by atoms with van der Waals surface area (Å²) >= 11 is 0. The third kappa shape index (κ3) is 59.4. The van der Waals surface area contributed by atoms with Gasteiger partial charge in [-0.15, -0.1) is 0 Å². The van der Waals surface area contributed by atoms with Crippen molar-refractivity contribution in [2.75, 3.05) is 13.2 Å². The fourth-order valence-corrected chi connectivity index (χ4v) is 10.4. The molecule has 3 N–H and O–H groups in total. The number of unbranched alkanes of at least 4 members (excludes halogenated alkanes) is 49. The van der Waals surface area contributed by atoms with Crippen LogP contribution in [0.4, 0.5) is 0 Å². The van der Waals surface area contributed by atoms with Crippen molar-refractivity contribution in [2.45, 2.75) is 379 Å². The number of rotatable bonds is 62. The van der Waals surface area contributed by atoms with Crippen molar-refractivity contribution in [1.82, 2.24) is 5.32 Å². The van der Waals surface area contributed by atoms with Gasteiger partial charge in [-0.3, -0.25) is 9.59 Å². The summed E-state index contributed by atoms with van der Waals surface area (Å²) in [5.74, 6) is -0.0519. The number of esters is 1. The summed E-state index contributed by atoms with van der Waals surface area (Å²) in [6.07, 6.45) is 78.2. The van der Waals surface area contributed by atoms with Crippen LogP contribution >= 0.6 is 0 Å². The van der Waals surface area contributed by atoms with Crippen molar-refractivity contribution < 1.29 is 24.5 Å². The number of ether oxygens (including phenoxy) is 1. The lowest BCUT2D eigenvalue weighted by Gasteiger charge is -2.20. The number of aliphatic hydroxyl groups is 2. The lowest BCUT2D eigenvalue weighted by atomic mass is 10.0. The summed E-state index contributed by atoms with van der Waals surface area (Å²) in [7, 11) is 0. The number of hydrogen-bond donors (Lipinski definition) is 3. The highest BCUT2D eigenvalue weighted by Gasteiger charge is 2.18. The van der Waals surface area contributed by atoms with Crippen LogP contribution in [-0.2, 0) is 14.3 Å². The summed E-state index contributed by atoms with van der Waals surface area (Å²) in [4.78, 5) is 24.5. The Hall–Kier alpha value is -1.66. The number of aliphatic hydroxyl groups excluding tert-OH is 2. The predicted molar refractivity (Wildman–Crippen MR) is 320 cm³/mol. The zero-order chi connectivity index (χ0) is 52.9. The molecule has 73 heavy (non-hydrogen) atoms. The van der Waals surface area contributed by atoms with Gasteiger partial charge < -0.3 is 20.3 Å². The fraction of sp³-hybridized carbons (Fsp3) is 0.910. The molecule has 1 amide bonds. The molecule has 0 aliphatic rings. The minimum Gasteiger partial charge on any atom is -0.466 e. The van der Waals surface area contributed by atoms with Crippen LogP contribution < -0.4 is 5.32 Å². The van der Waals surface area contributed by atoms with Crippen LogP contribution in [0.25, 0.3) is 0 Å². The van der Waals surface area contributed by atoms with E-state index in [1.165, 1.54) is 295 Å². The molecule has 0 aliphatic carbocycles. The summed E-state index contributed by atoms with van der Waals surface area (Å²) in [6, 6.07) is -0.623. The monoisotopic (exact) mass is 1030 g/mol. The molecule has 0 rings (SSSR count). The second-order valence-corrected chi connectivity index (χ2v) is 22.8. The molecule has 0 fully saturated rings. The van der Waals surface area contributed by atoms with Crippen molar-refractivity contribution in [3.05, 3.63) is 24.3 Å². The van der Waals surface area contributed by atoms with E-state index in [0.29, 0.717) is 19.4 Å². The standard InChI is InChI=1S/C67H129NO5/c1-3-5-7-9-11-13-15-17-37-41-45-49-53-57-61-67(72)73-62-58-54-50-46-42-38-35-33-31-29-27-25-23-21-19-18-20-22-24-26-28-30-32-34-36-40-44-48-52-56-60-66(71)68-64(63-69)65(70)59-55-51-47-43-39-16-14-12-10-8-6-4-2/h15,17,55,59,64-65,69-70H,3-14,16,18-54,56-58,60-63H2,1-2H3,(H,68,71)/b17-15-,59-55+. The molecule has 2 unspecified atom stereocenters. The van der Waals surface area contributed by atoms with Crippen molar-refractivity contribution in [3.8, 4) is 0 Å². The Balaban J connectivity index is 3.33. The summed E-state index contributed by atoms with van der Waals surface area (Å²) in [5.41, 5.74) is 0. The third-order valence-corrected chi connectivity index (χ3v) is 15.5. The molecule has 0 aromatic heterocycles. The Morgan fingerprint density at radius 2 is 0.644 bits per heavy atom. The largest absolute Gasteiger partial charge is 0.466 e. The molecular weight excluding hydrogens is 899 g/mol. The van der Waals surface area contributed by atoms with Gasteiger partial charge >= 0.3 is 5.97 Å². The lowest BCUT2D eigenvalue weighted by Crippen LogP contribution is -2.45. The second kappa shape index (κ2) is 62.9. The summed E-state index contributed by atoms with van der Waals surface area (Å²) in [6.45, 7) is 4.91. The molecule has 0 aromatic rings. The van der Waals surface area contributed by atoms with Gasteiger partial charge in [0.15, 0.2) is 0 Å². The Morgan fingerprint density at radius 1 is 0.370 bits per heavy atom. The van der Waals surface area contributed by atoms with Gasteiger partial charge in [0.2, 0.25) is 5.91 Å². The number of carbonyl (C=O) groups excluding carboxylic acids is 2. The molecule has 0 aromatic carbocycles. The van der Waals surface area contributed by atoms with E-state index in [4.69, 9.17) is 4.74 Å². The first-order valence-electron chi connectivity index (χ1n) is 33.1. The Bertz CT molecular complexity index is 1140. The van der Waals surface area contributed by atoms with Gasteiger partial charge in [-0.05, 0) is 57.8 Å². The Kier molecular flexibility index (Phi) is 61.4. The highest BCUT2D eigenvalue weighted by molar-refractivity contribution is 5.76. The van der Waals surface area contributed by atoms with Gasteiger partial charge in [0.1, 0.15) is 0 Å². The van der Waals surface area contributed by atoms with Gasteiger partial charge in [-0.2, -0.15) is 0 Å². The highest BCUT2D eigenvalue weighted by Crippen LogP contribution is 2.18. The Morgan fingerprint density at radius 3 is 0.973 bits per heavy atom. The third-order valence-electron chi connectivity index (χ3n) is 15.5. The number of hydrogen-bond acceptors (Lipinski definition) is 5. The number of amides is 1. The maximum Gasteiger partial charge on any atom is 0.305 e. The van der Waals surface area contributed by atoms with Gasteiger partial charge in [-0.25, -0.2) is 0 Å². The molecular formula is C67H129NO5. The van der Waals surface area contributed by atoms with Crippen molar-refractivity contribution in [3.63, 3.8) is 0 Å². The molecule has 6 heteroatoms. The molecule has 0 radical (unpaired) electrons. The van der Waals surface area contributed by atoms with Crippen LogP contribution in [0.1, 0.15) is 367 Å². The van der Waals surface area contributed by atoms with Crippen LogP contribution in [0.2, 0.25) is 0 Å². The van der Waals surface area contributed by atoms with E-state index in [-0.39, 0.29) is 18.5 Å². The van der Waals surface area contributed by atoms with E-state index < -0.39 is 12.1 Å². The molecule has 0 spiro atoms. The maximum absolute atomic E-state index is 12.4. The second-order valence-electron chi connectivity index (χ2n) is 22.8. The van der Waals surface area contributed by atoms with Crippen molar-refractivity contribution in [1.29, 1.82) is 0 Å². The number of nitrogens with one attached hydrogen (secondary N) is 1. The lowest BCUT2D eigenvalue weighted by molar-refractivity contribution is -0.143. The zero-order valence-electron chi connectivity index (χ0n) is 49.4. The zero-order valence-corrected chi connectivity index (χ0v) is 49.4. The van der Waals surface area contributed by atoms with E-state index in [0.717, 1.165) is 44.9 Å². The van der Waals surface area contributed by atoms with E-state index in [9.17, 15) is 19.8 Å². The fourth-order valence-electron chi connectivity index (χ4n) is 10.4. The SMILES string of the molecule is CCCCCCC/C=C\CCCCCCCC(=O)OCCCCCCCCCCCCCCCCCCCCCCCCCCCCCCCCC(=O)NC(CO)C(O)/C=C/CCCCCCCCCCCC. The first-order valence-corrected chi connectivity index (χ1v) is 33.1. The maximum atomic E-state index is 12.4. The van der Waals surface area contributed by atoms with Crippen LogP contribution in [-0.4, -0.2) is 47.4 Å². The molecule has 432 valence electrons. The molecule has 2 atom stereocenters. The van der Waals surface area contributed by atoms with E-state index in [1.54, 1.807) is 6.08 Å². The van der Waals surface area contributed by atoms with Gasteiger partial charge in [0.25, 0.3) is 0 Å². The van der Waals surface area contributed by atoms with Crippen LogP contribution in [0, 0.1) is 0 Å². The normalized spacial score (nSPS) is 12.7. The van der Waals surface area contributed by atoms with Crippen molar-refractivity contribution >= 4 is 11.9 Å². The first kappa shape index (κ1) is 71.3. The molecule has 6 nitrogen and oxygen atoms in total. The summed E-state index contributed by atoms with van der Waals surface area (Å²) < 4.78 is 5.49. The number of carbonyl (C=O) groups is 2. The van der Waals surface area contributed by atoms with Gasteiger partial charge in [-0.1, -0.05) is 321 Å². The minimum atomic E-state index is -0.840. The molecule has 0 saturated heterocycles. The molecule has 0 bridgehead atoms. The molecule has 0 heterocycles. The average Bonchev–Trinajstić information content (AvgIpc) is 3.39. The van der Waals surface area contributed by atoms with Gasteiger partial charge in [0.05, 0.1) is 25.4 Å². The Labute approximate surface area is 456 Å². The van der Waals surface area contributed by atoms with E-state index in [2.05, 4.69) is 31.3 Å². The topological polar surface area (TPSA) is 95.9 Å². The van der Waals surface area contributed by atoms with Gasteiger partial charge in [0, 0.05) is 12.8 Å². The molecule has 0 aliphatic heterocycles. The smallest absolute Gasteiger partial charge is 0.305 e. The van der Waals surface area contributed by atoms with E-state index in [1.807, 2.05) is 6.08 Å². The highest BCUT2D eigenvalue weighted by atomic mass is 16.5. The minimum absolute atomic E-state index is 0.0115. The van der Waals surface area contributed by atoms with Crippen LogP contribution in [0.15, 0.2) is 24.3 Å². The van der Waals surface area contributed by atoms with Crippen LogP contribution in [0.5, 0.6) is 0 Å².